The minimum Gasteiger partial charge on any atom is -0.456 e. The van der Waals surface area contributed by atoms with Crippen molar-refractivity contribution in [1.82, 2.24) is 19.5 Å². The molecule has 13 heteroatoms. The van der Waals surface area contributed by atoms with Crippen molar-refractivity contribution in [3.63, 3.8) is 0 Å². The molecule has 2 fully saturated rings. The van der Waals surface area contributed by atoms with Gasteiger partial charge in [0.2, 0.25) is 0 Å². The molecule has 0 spiro atoms. The number of pyridine rings is 2. The summed E-state index contributed by atoms with van der Waals surface area (Å²) in [7, 11) is 1.59. The van der Waals surface area contributed by atoms with Crippen LogP contribution in [0.1, 0.15) is 19.4 Å². The van der Waals surface area contributed by atoms with Gasteiger partial charge in [0.25, 0.3) is 11.6 Å². The summed E-state index contributed by atoms with van der Waals surface area (Å²) in [6, 6.07) is 7.01. The Kier molecular flexibility index (Phi) is 8.04. The van der Waals surface area contributed by atoms with Crippen LogP contribution in [0, 0.1) is 11.6 Å². The van der Waals surface area contributed by atoms with Gasteiger partial charge >= 0.3 is 0 Å². The van der Waals surface area contributed by atoms with E-state index >= 15 is 0 Å². The van der Waals surface area contributed by atoms with E-state index in [9.17, 15) is 18.7 Å². The molecule has 40 heavy (non-hydrogen) atoms. The molecule has 6 rings (SSSR count). The molecule has 2 aliphatic rings. The molecule has 5 heterocycles. The van der Waals surface area contributed by atoms with Crippen molar-refractivity contribution in [2.24, 2.45) is 7.05 Å². The van der Waals surface area contributed by atoms with E-state index in [2.05, 4.69) is 20.3 Å². The predicted octanol–water partition coefficient (Wildman–Crippen LogP) is 3.80. The van der Waals surface area contributed by atoms with Gasteiger partial charge in [-0.3, -0.25) is 4.79 Å². The van der Waals surface area contributed by atoms with Crippen molar-refractivity contribution in [1.29, 1.82) is 0 Å². The van der Waals surface area contributed by atoms with Crippen LogP contribution in [0.2, 0.25) is 5.02 Å². The highest BCUT2D eigenvalue weighted by atomic mass is 35.5. The molecular formula is C27H28ClF2N5O5. The second kappa shape index (κ2) is 11.5. The molecule has 2 saturated heterocycles. The van der Waals surface area contributed by atoms with Gasteiger partial charge in [-0.15, -0.1) is 0 Å². The summed E-state index contributed by atoms with van der Waals surface area (Å²) in [5, 5.41) is 13.0. The summed E-state index contributed by atoms with van der Waals surface area (Å²) in [5.41, 5.74) is 0.928. The van der Waals surface area contributed by atoms with Crippen LogP contribution in [0.25, 0.3) is 22.3 Å². The molecule has 10 nitrogen and oxygen atoms in total. The zero-order chi connectivity index (χ0) is 28.6. The molecule has 3 aromatic heterocycles. The number of hydrogen-bond acceptors (Lipinski definition) is 8. The van der Waals surface area contributed by atoms with Crippen molar-refractivity contribution >= 4 is 28.6 Å². The fourth-order valence-electron chi connectivity index (χ4n) is 4.60. The van der Waals surface area contributed by atoms with Crippen LogP contribution in [0.15, 0.2) is 41.3 Å². The Hall–Kier alpha value is -3.58. The number of hydrogen-bond donors (Lipinski definition) is 3. The minimum absolute atomic E-state index is 0.170. The lowest BCUT2D eigenvalue weighted by atomic mass is 10.0. The molecule has 3 N–H and O–H groups in total. The van der Waals surface area contributed by atoms with Gasteiger partial charge < -0.3 is 34.2 Å². The summed E-state index contributed by atoms with van der Waals surface area (Å²) < 4.78 is 48.1. The number of rotatable bonds is 6. The molecule has 0 bridgehead atoms. The molecule has 0 saturated carbocycles. The Balaban J connectivity index is 0.00000158. The highest BCUT2D eigenvalue weighted by Gasteiger charge is 2.48. The van der Waals surface area contributed by atoms with Crippen LogP contribution < -0.4 is 15.6 Å². The first-order valence-electron chi connectivity index (χ1n) is 12.8. The molecule has 2 aliphatic heterocycles. The number of imidazole rings is 1. The molecule has 212 valence electrons. The van der Waals surface area contributed by atoms with Crippen LogP contribution in [-0.2, 0) is 23.1 Å². The van der Waals surface area contributed by atoms with Gasteiger partial charge in [-0.2, -0.15) is 4.98 Å². The van der Waals surface area contributed by atoms with Gasteiger partial charge in [0.1, 0.15) is 35.8 Å². The van der Waals surface area contributed by atoms with Gasteiger partial charge in [0, 0.05) is 31.4 Å². The summed E-state index contributed by atoms with van der Waals surface area (Å²) >= 11 is 6.35. The van der Waals surface area contributed by atoms with Gasteiger partial charge in [-0.1, -0.05) is 25.4 Å². The molecule has 0 unspecified atom stereocenters. The number of nitrogens with one attached hydrogen (secondary N) is 2. The lowest BCUT2D eigenvalue weighted by Gasteiger charge is -2.15. The fourth-order valence-corrected chi connectivity index (χ4v) is 4.82. The highest BCUT2D eigenvalue weighted by molar-refractivity contribution is 6.33. The summed E-state index contributed by atoms with van der Waals surface area (Å²) in [6.45, 7) is 4.18. The van der Waals surface area contributed by atoms with Crippen molar-refractivity contribution in [3.8, 4) is 17.1 Å². The number of fused-ring (bicyclic) bond motifs is 2. The molecule has 0 aliphatic carbocycles. The van der Waals surface area contributed by atoms with Crippen LogP contribution >= 0.6 is 11.6 Å². The van der Waals surface area contributed by atoms with E-state index in [1.165, 1.54) is 29.0 Å². The smallest absolute Gasteiger partial charge is 0.296 e. The third-order valence-corrected chi connectivity index (χ3v) is 6.95. The number of ether oxygens (including phenoxy) is 3. The lowest BCUT2D eigenvalue weighted by molar-refractivity contribution is 0.00706. The Morgan fingerprint density at radius 2 is 1.85 bits per heavy atom. The van der Waals surface area contributed by atoms with Crippen molar-refractivity contribution < 1.29 is 28.1 Å². The van der Waals surface area contributed by atoms with Crippen LogP contribution in [0.4, 0.5) is 14.6 Å². The van der Waals surface area contributed by atoms with E-state index in [0.29, 0.717) is 11.1 Å². The second-order valence-corrected chi connectivity index (χ2v) is 9.60. The van der Waals surface area contributed by atoms with Crippen LogP contribution in [0.5, 0.6) is 6.01 Å². The number of aliphatic hydroxyl groups excluding tert-OH is 1. The molecule has 4 atom stereocenters. The first kappa shape index (κ1) is 28.0. The third-order valence-electron chi connectivity index (χ3n) is 6.66. The SMILES string of the molecule is CC.Cn1ccc(-c2cc(F)c(CNc3nc4nc(O[C@@H]5CO[C@H]6[C@@H]5OC[C@H]6O)[nH]c4cc3Cl)c(F)c2)cc1=O. The summed E-state index contributed by atoms with van der Waals surface area (Å²) in [4.78, 5) is 23.5. The first-order chi connectivity index (χ1) is 19.3. The van der Waals surface area contributed by atoms with E-state index in [1.54, 1.807) is 19.2 Å². The van der Waals surface area contributed by atoms with Crippen molar-refractivity contribution in [3.05, 3.63) is 69.1 Å². The van der Waals surface area contributed by atoms with Gasteiger partial charge in [0.05, 0.1) is 23.8 Å². The quantitative estimate of drug-likeness (QED) is 0.317. The van der Waals surface area contributed by atoms with E-state index in [1.807, 2.05) is 13.8 Å². The number of aliphatic hydroxyl groups is 1. The average molecular weight is 576 g/mol. The third kappa shape index (κ3) is 5.39. The maximum atomic E-state index is 14.9. The van der Waals surface area contributed by atoms with Crippen LogP contribution in [0.3, 0.4) is 0 Å². The lowest BCUT2D eigenvalue weighted by Crippen LogP contribution is -2.34. The Labute approximate surface area is 232 Å². The number of benzene rings is 1. The van der Waals surface area contributed by atoms with Gasteiger partial charge in [-0.25, -0.2) is 13.8 Å². The molecular weight excluding hydrogens is 548 g/mol. The number of nitrogens with zero attached hydrogens (tertiary/aromatic N) is 3. The topological polar surface area (TPSA) is 124 Å². The normalized spacial score (nSPS) is 21.7. The first-order valence-corrected chi connectivity index (χ1v) is 13.2. The Bertz CT molecular complexity index is 1570. The Morgan fingerprint density at radius 1 is 1.12 bits per heavy atom. The summed E-state index contributed by atoms with van der Waals surface area (Å²) in [6.07, 6.45) is -0.475. The predicted molar refractivity (Wildman–Crippen MR) is 145 cm³/mol. The zero-order valence-corrected chi connectivity index (χ0v) is 22.7. The molecule has 0 amide bonds. The monoisotopic (exact) mass is 575 g/mol. The van der Waals surface area contributed by atoms with Gasteiger partial charge in [0.15, 0.2) is 11.8 Å². The summed E-state index contributed by atoms with van der Waals surface area (Å²) in [5.74, 6) is -1.38. The standard InChI is InChI=1S/C25H22ClF2N5O5.C2H6/c1-33-3-2-11(6-20(33)35)12-4-15(27)13(16(28)5-12)8-29-23-14(26)7-17-24(31-23)32-25(30-17)38-19-10-37-21-18(34)9-36-22(19)21;1-2/h2-7,18-19,21-22,34H,8-10H2,1H3,(H2,29,30,31,32);1-2H3/t18-,19-,21-,22-;/m1./s1. The van der Waals surface area contributed by atoms with Crippen molar-refractivity contribution in [2.45, 2.75) is 44.8 Å². The maximum Gasteiger partial charge on any atom is 0.296 e. The average Bonchev–Trinajstić information content (AvgIpc) is 3.62. The molecule has 4 aromatic rings. The Morgan fingerprint density at radius 3 is 2.58 bits per heavy atom. The second-order valence-electron chi connectivity index (χ2n) is 9.19. The molecule has 0 radical (unpaired) electrons. The van der Waals surface area contributed by atoms with Crippen LogP contribution in [-0.4, -0.2) is 62.3 Å². The van der Waals surface area contributed by atoms with E-state index < -0.39 is 36.1 Å². The van der Waals surface area contributed by atoms with Gasteiger partial charge in [-0.05, 0) is 35.4 Å². The number of halogens is 3. The molecule has 1 aromatic carbocycles. The highest BCUT2D eigenvalue weighted by Crippen LogP contribution is 2.31. The minimum atomic E-state index is -0.780. The maximum absolute atomic E-state index is 14.9. The zero-order valence-electron chi connectivity index (χ0n) is 22.0. The van der Waals surface area contributed by atoms with E-state index in [0.717, 1.165) is 0 Å². The number of anilines is 1. The number of aromatic amines is 1. The number of aromatic nitrogens is 4. The largest absolute Gasteiger partial charge is 0.456 e. The number of H-pyrrole nitrogens is 1. The fraction of sp³-hybridized carbons (Fsp3) is 0.370. The van der Waals surface area contributed by atoms with E-state index in [4.69, 9.17) is 25.8 Å². The van der Waals surface area contributed by atoms with Crippen molar-refractivity contribution in [2.75, 3.05) is 18.5 Å². The number of aryl methyl sites for hydroxylation is 1. The van der Waals surface area contributed by atoms with E-state index in [-0.39, 0.29) is 58.9 Å².